The van der Waals surface area contributed by atoms with Crippen molar-refractivity contribution in [2.24, 2.45) is 0 Å². The lowest BCUT2D eigenvalue weighted by Gasteiger charge is -2.34. The van der Waals surface area contributed by atoms with Gasteiger partial charge in [0, 0.05) is 51.0 Å². The Bertz CT molecular complexity index is 622. The van der Waals surface area contributed by atoms with E-state index < -0.39 is 0 Å². The zero-order valence-corrected chi connectivity index (χ0v) is 15.4. The molecule has 0 saturated carbocycles. The Hall–Kier alpha value is -1.62. The summed E-state index contributed by atoms with van der Waals surface area (Å²) in [7, 11) is 2.18. The molecule has 1 fully saturated rings. The van der Waals surface area contributed by atoms with Crippen molar-refractivity contribution in [3.63, 3.8) is 0 Å². The molecule has 1 N–H and O–H groups in total. The summed E-state index contributed by atoms with van der Waals surface area (Å²) in [6.07, 6.45) is 1.90. The molecule has 0 bridgehead atoms. The van der Waals surface area contributed by atoms with Crippen LogP contribution in [-0.2, 0) is 13.1 Å². The summed E-state index contributed by atoms with van der Waals surface area (Å²) in [5.74, 6) is 1.14. The number of piperazine rings is 1. The highest BCUT2D eigenvalue weighted by molar-refractivity contribution is 5.85. The first-order chi connectivity index (χ1) is 11.2. The topological polar surface area (TPSA) is 31.4 Å². The highest BCUT2D eigenvalue weighted by atomic mass is 35.5. The van der Waals surface area contributed by atoms with Crippen LogP contribution in [0.15, 0.2) is 42.6 Å². The van der Waals surface area contributed by atoms with E-state index in [1.165, 1.54) is 16.7 Å². The van der Waals surface area contributed by atoms with Crippen LogP contribution < -0.4 is 10.2 Å². The van der Waals surface area contributed by atoms with E-state index in [0.29, 0.717) is 0 Å². The van der Waals surface area contributed by atoms with E-state index in [2.05, 4.69) is 64.4 Å². The van der Waals surface area contributed by atoms with Gasteiger partial charge in [-0.25, -0.2) is 4.98 Å². The monoisotopic (exact) mass is 346 g/mol. The van der Waals surface area contributed by atoms with Crippen LogP contribution in [0.4, 0.5) is 5.82 Å². The Balaban J connectivity index is 0.00000208. The van der Waals surface area contributed by atoms with E-state index in [1.54, 1.807) is 0 Å². The predicted molar refractivity (Wildman–Crippen MR) is 103 cm³/mol. The van der Waals surface area contributed by atoms with Crippen LogP contribution in [0.3, 0.4) is 0 Å². The first kappa shape index (κ1) is 18.7. The van der Waals surface area contributed by atoms with Crippen LogP contribution >= 0.6 is 12.4 Å². The third kappa shape index (κ3) is 4.94. The molecular weight excluding hydrogens is 320 g/mol. The minimum atomic E-state index is 0. The van der Waals surface area contributed by atoms with Gasteiger partial charge in [-0.05, 0) is 25.6 Å². The summed E-state index contributed by atoms with van der Waals surface area (Å²) in [6, 6.07) is 12.9. The molecule has 4 nitrogen and oxygen atoms in total. The van der Waals surface area contributed by atoms with Crippen LogP contribution in [0.1, 0.15) is 16.7 Å². The van der Waals surface area contributed by atoms with Gasteiger partial charge in [-0.15, -0.1) is 12.4 Å². The van der Waals surface area contributed by atoms with Gasteiger partial charge in [0.25, 0.3) is 0 Å². The second kappa shape index (κ2) is 9.02. The second-order valence-corrected chi connectivity index (χ2v) is 6.37. The number of anilines is 1. The normalized spacial score (nSPS) is 15.2. The maximum absolute atomic E-state index is 4.63. The van der Waals surface area contributed by atoms with Gasteiger partial charge in [0.05, 0.1) is 0 Å². The van der Waals surface area contributed by atoms with Gasteiger partial charge in [-0.2, -0.15) is 0 Å². The number of aryl methyl sites for hydroxylation is 1. The third-order valence-electron chi connectivity index (χ3n) is 4.44. The molecule has 2 aromatic rings. The van der Waals surface area contributed by atoms with E-state index in [9.17, 15) is 0 Å². The summed E-state index contributed by atoms with van der Waals surface area (Å²) in [5, 5.41) is 3.55. The molecule has 1 aliphatic rings. The van der Waals surface area contributed by atoms with Crippen molar-refractivity contribution in [3.05, 3.63) is 59.3 Å². The fraction of sp³-hybridized carbons (Fsp3) is 0.421. The number of nitrogens with one attached hydrogen (secondary N) is 1. The first-order valence-electron chi connectivity index (χ1n) is 8.36. The lowest BCUT2D eigenvalue weighted by molar-refractivity contribution is 0.311. The molecule has 1 saturated heterocycles. The van der Waals surface area contributed by atoms with Crippen molar-refractivity contribution in [3.8, 4) is 0 Å². The smallest absolute Gasteiger partial charge is 0.133 e. The molecule has 0 radical (unpaired) electrons. The van der Waals surface area contributed by atoms with Crippen LogP contribution in [0.25, 0.3) is 0 Å². The summed E-state index contributed by atoms with van der Waals surface area (Å²) < 4.78 is 0. The second-order valence-electron chi connectivity index (χ2n) is 6.37. The summed E-state index contributed by atoms with van der Waals surface area (Å²) in [5.41, 5.74) is 3.91. The van der Waals surface area contributed by atoms with E-state index in [4.69, 9.17) is 0 Å². The van der Waals surface area contributed by atoms with E-state index in [-0.39, 0.29) is 12.4 Å². The number of rotatable bonds is 5. The van der Waals surface area contributed by atoms with Crippen molar-refractivity contribution in [2.75, 3.05) is 38.1 Å². The van der Waals surface area contributed by atoms with E-state index in [1.807, 2.05) is 12.3 Å². The molecule has 2 heterocycles. The average molecular weight is 347 g/mol. The Morgan fingerprint density at radius 1 is 1.00 bits per heavy atom. The molecule has 0 aliphatic carbocycles. The molecule has 3 rings (SSSR count). The standard InChI is InChI=1S/C19H26N4.ClH/c1-16-5-7-17(8-6-16)14-20-15-18-4-3-9-21-19(18)23-12-10-22(2)11-13-23;/h3-9,20H,10-15H2,1-2H3;1H. The van der Waals surface area contributed by atoms with Gasteiger partial charge in [0.15, 0.2) is 0 Å². The van der Waals surface area contributed by atoms with Crippen LogP contribution in [-0.4, -0.2) is 43.1 Å². The van der Waals surface area contributed by atoms with Crippen LogP contribution in [0, 0.1) is 6.92 Å². The quantitative estimate of drug-likeness (QED) is 0.902. The Labute approximate surface area is 151 Å². The molecule has 5 heteroatoms. The minimum absolute atomic E-state index is 0. The fourth-order valence-electron chi connectivity index (χ4n) is 2.92. The van der Waals surface area contributed by atoms with Gasteiger partial charge >= 0.3 is 0 Å². The number of aromatic nitrogens is 1. The fourth-order valence-corrected chi connectivity index (χ4v) is 2.92. The molecule has 24 heavy (non-hydrogen) atoms. The Kier molecular flexibility index (Phi) is 7.03. The average Bonchev–Trinajstić information content (AvgIpc) is 2.58. The van der Waals surface area contributed by atoms with E-state index >= 15 is 0 Å². The number of benzene rings is 1. The van der Waals surface area contributed by atoms with Crippen molar-refractivity contribution < 1.29 is 0 Å². The number of nitrogens with zero attached hydrogens (tertiary/aromatic N) is 3. The van der Waals surface area contributed by atoms with Gasteiger partial charge in [-0.1, -0.05) is 35.9 Å². The SMILES string of the molecule is Cc1ccc(CNCc2cccnc2N2CCN(C)CC2)cc1.Cl. The van der Waals surface area contributed by atoms with Gasteiger partial charge in [0.1, 0.15) is 5.82 Å². The minimum Gasteiger partial charge on any atom is -0.354 e. The van der Waals surface area contributed by atoms with Crippen molar-refractivity contribution >= 4 is 18.2 Å². The third-order valence-corrected chi connectivity index (χ3v) is 4.44. The number of likely N-dealkylation sites (N-methyl/N-ethyl adjacent to an activating group) is 1. The molecule has 0 amide bonds. The van der Waals surface area contributed by atoms with Crippen LogP contribution in [0.5, 0.6) is 0 Å². The Morgan fingerprint density at radius 2 is 1.71 bits per heavy atom. The maximum Gasteiger partial charge on any atom is 0.133 e. The Morgan fingerprint density at radius 3 is 2.42 bits per heavy atom. The van der Waals surface area contributed by atoms with Crippen molar-refractivity contribution in [1.29, 1.82) is 0 Å². The molecule has 0 unspecified atom stereocenters. The molecular formula is C19H27ClN4. The number of hydrogen-bond acceptors (Lipinski definition) is 4. The number of hydrogen-bond donors (Lipinski definition) is 1. The molecule has 0 spiro atoms. The van der Waals surface area contributed by atoms with Gasteiger partial charge in [-0.3, -0.25) is 0 Å². The highest BCUT2D eigenvalue weighted by Gasteiger charge is 2.17. The molecule has 1 aromatic heterocycles. The zero-order valence-electron chi connectivity index (χ0n) is 14.5. The highest BCUT2D eigenvalue weighted by Crippen LogP contribution is 2.18. The lowest BCUT2D eigenvalue weighted by atomic mass is 10.1. The predicted octanol–water partition coefficient (Wildman–Crippen LogP) is 2.85. The van der Waals surface area contributed by atoms with E-state index in [0.717, 1.165) is 45.1 Å². The molecule has 1 aromatic carbocycles. The van der Waals surface area contributed by atoms with Gasteiger partial charge in [0.2, 0.25) is 0 Å². The summed E-state index contributed by atoms with van der Waals surface area (Å²) >= 11 is 0. The van der Waals surface area contributed by atoms with Crippen molar-refractivity contribution in [1.82, 2.24) is 15.2 Å². The molecule has 1 aliphatic heterocycles. The molecule has 0 atom stereocenters. The molecule has 130 valence electrons. The summed E-state index contributed by atoms with van der Waals surface area (Å²) in [4.78, 5) is 9.41. The summed E-state index contributed by atoms with van der Waals surface area (Å²) in [6.45, 7) is 8.17. The lowest BCUT2D eigenvalue weighted by Crippen LogP contribution is -2.45. The van der Waals surface area contributed by atoms with Crippen LogP contribution in [0.2, 0.25) is 0 Å². The number of pyridine rings is 1. The van der Waals surface area contributed by atoms with Gasteiger partial charge < -0.3 is 15.1 Å². The largest absolute Gasteiger partial charge is 0.354 e. The zero-order chi connectivity index (χ0) is 16.1. The maximum atomic E-state index is 4.63. The number of halogens is 1. The van der Waals surface area contributed by atoms with Crippen molar-refractivity contribution in [2.45, 2.75) is 20.0 Å². The first-order valence-corrected chi connectivity index (χ1v) is 8.36.